The van der Waals surface area contributed by atoms with Crippen LogP contribution in [0.1, 0.15) is 16.8 Å². The zero-order chi connectivity index (χ0) is 29.1. The number of aliphatic hydroxyl groups excluding tert-OH is 1. The smallest absolute Gasteiger partial charge is 0.326 e. The van der Waals surface area contributed by atoms with Gasteiger partial charge in [-0.05, 0) is 23.3 Å². The number of aromatic hydroxyl groups is 1. The van der Waals surface area contributed by atoms with Crippen LogP contribution in [0, 0.1) is 0 Å². The Morgan fingerprint density at radius 1 is 0.800 bits per heavy atom. The Labute approximate surface area is 229 Å². The molecule has 40 heavy (non-hydrogen) atoms. The van der Waals surface area contributed by atoms with Crippen LogP contribution in [0.15, 0.2) is 67.1 Å². The van der Waals surface area contributed by atoms with Crippen LogP contribution < -0.4 is 21.7 Å². The van der Waals surface area contributed by atoms with Crippen LogP contribution in [-0.4, -0.2) is 79.8 Å². The number of aliphatic hydroxyl groups is 1. The summed E-state index contributed by atoms with van der Waals surface area (Å²) in [6.45, 7) is -0.825. The summed E-state index contributed by atoms with van der Waals surface area (Å²) in [6, 6.07) is 9.55. The molecule has 1 heterocycles. The first kappa shape index (κ1) is 29.8. The average Bonchev–Trinajstić information content (AvgIpc) is 3.45. The molecular weight excluding hydrogens is 520 g/mol. The minimum Gasteiger partial charge on any atom is -0.508 e. The average molecular weight is 553 g/mol. The number of hydrogen-bond donors (Lipinski definition) is 8. The molecule has 0 aliphatic carbocycles. The molecule has 1 aromatic heterocycles. The Morgan fingerprint density at radius 2 is 1.38 bits per heavy atom. The molecule has 4 atom stereocenters. The first-order valence-corrected chi connectivity index (χ1v) is 12.5. The first-order valence-electron chi connectivity index (χ1n) is 12.5. The maximum absolute atomic E-state index is 13.2. The molecule has 0 radical (unpaired) electrons. The second-order valence-corrected chi connectivity index (χ2v) is 9.15. The lowest BCUT2D eigenvalue weighted by atomic mass is 10.0. The fraction of sp³-hybridized carbons (Fsp3) is 0.296. The maximum Gasteiger partial charge on any atom is 0.326 e. The van der Waals surface area contributed by atoms with E-state index >= 15 is 0 Å². The van der Waals surface area contributed by atoms with Crippen LogP contribution in [0.5, 0.6) is 5.75 Å². The van der Waals surface area contributed by atoms with Gasteiger partial charge in [-0.25, -0.2) is 9.78 Å². The van der Waals surface area contributed by atoms with Gasteiger partial charge in [-0.1, -0.05) is 42.5 Å². The second kappa shape index (κ2) is 14.4. The van der Waals surface area contributed by atoms with Crippen molar-refractivity contribution in [3.8, 4) is 5.75 Å². The molecule has 3 rings (SSSR count). The summed E-state index contributed by atoms with van der Waals surface area (Å²) in [5.41, 5.74) is 7.87. The molecular formula is C27H32N6O7. The Kier molecular flexibility index (Phi) is 10.7. The van der Waals surface area contributed by atoms with E-state index < -0.39 is 54.5 Å². The number of carbonyl (C=O) groups is 4. The number of amides is 3. The Hall–Kier alpha value is -4.75. The van der Waals surface area contributed by atoms with Crippen molar-refractivity contribution in [1.82, 2.24) is 25.9 Å². The third-order valence-corrected chi connectivity index (χ3v) is 6.05. The zero-order valence-corrected chi connectivity index (χ0v) is 21.5. The monoisotopic (exact) mass is 552 g/mol. The van der Waals surface area contributed by atoms with Crippen LogP contribution in [0.3, 0.4) is 0 Å². The van der Waals surface area contributed by atoms with Gasteiger partial charge in [0.05, 0.1) is 19.0 Å². The number of phenols is 1. The molecule has 0 fully saturated rings. The minimum atomic E-state index is -1.50. The zero-order valence-electron chi connectivity index (χ0n) is 21.5. The number of nitrogens with zero attached hydrogens (tertiary/aromatic N) is 1. The number of carbonyl (C=O) groups excluding carboxylic acids is 3. The van der Waals surface area contributed by atoms with Crippen molar-refractivity contribution >= 4 is 23.7 Å². The lowest BCUT2D eigenvalue weighted by molar-refractivity contribution is -0.142. The molecule has 0 spiro atoms. The standard InChI is InChI=1S/C27H32N6O7/c28-20(12-18-13-29-15-30-18)24(36)31-21(10-17-6-8-19(35)9-7-17)25(37)33-23(14-34)26(38)32-22(27(39)40)11-16-4-2-1-3-5-16/h1-9,13,15,20-23,34-35H,10-12,14,28H2,(H,29,30)(H,31,36)(H,32,38)(H,33,37)(H,39,40). The Bertz CT molecular complexity index is 1270. The normalized spacial score (nSPS) is 13.8. The fourth-order valence-corrected chi connectivity index (χ4v) is 3.87. The molecule has 0 saturated carbocycles. The lowest BCUT2D eigenvalue weighted by Crippen LogP contribution is -2.58. The topological polar surface area (TPSA) is 220 Å². The van der Waals surface area contributed by atoms with Crippen molar-refractivity contribution in [1.29, 1.82) is 0 Å². The number of aliphatic carboxylic acids is 1. The van der Waals surface area contributed by atoms with E-state index in [1.807, 2.05) is 0 Å². The third kappa shape index (κ3) is 8.92. The van der Waals surface area contributed by atoms with Crippen LogP contribution in [0.25, 0.3) is 0 Å². The van der Waals surface area contributed by atoms with Crippen LogP contribution in [-0.2, 0) is 38.4 Å². The highest BCUT2D eigenvalue weighted by Crippen LogP contribution is 2.12. The van der Waals surface area contributed by atoms with E-state index in [4.69, 9.17) is 5.73 Å². The van der Waals surface area contributed by atoms with E-state index in [0.717, 1.165) is 0 Å². The van der Waals surface area contributed by atoms with Crippen molar-refractivity contribution in [2.75, 3.05) is 6.61 Å². The molecule has 13 heteroatoms. The molecule has 3 amide bonds. The highest BCUT2D eigenvalue weighted by atomic mass is 16.4. The van der Waals surface area contributed by atoms with E-state index in [2.05, 4.69) is 25.9 Å². The first-order chi connectivity index (χ1) is 19.2. The van der Waals surface area contributed by atoms with Crippen molar-refractivity contribution in [3.05, 3.63) is 83.9 Å². The van der Waals surface area contributed by atoms with Gasteiger partial charge in [0.25, 0.3) is 0 Å². The minimum absolute atomic E-state index is 0.0101. The van der Waals surface area contributed by atoms with E-state index in [-0.39, 0.29) is 25.0 Å². The quantitative estimate of drug-likeness (QED) is 0.123. The number of phenolic OH excluding ortho intramolecular Hbond substituents is 1. The Balaban J connectivity index is 1.70. The number of imidazole rings is 1. The molecule has 4 unspecified atom stereocenters. The predicted octanol–water partition coefficient (Wildman–Crippen LogP) is -0.998. The number of benzene rings is 2. The van der Waals surface area contributed by atoms with Crippen LogP contribution in [0.2, 0.25) is 0 Å². The SMILES string of the molecule is NC(Cc1cnc[nH]1)C(=O)NC(Cc1ccc(O)cc1)C(=O)NC(CO)C(=O)NC(Cc1ccccc1)C(=O)O. The summed E-state index contributed by atoms with van der Waals surface area (Å²) in [7, 11) is 0. The highest BCUT2D eigenvalue weighted by Gasteiger charge is 2.30. The third-order valence-electron chi connectivity index (χ3n) is 6.05. The summed E-state index contributed by atoms with van der Waals surface area (Å²) in [5.74, 6) is -3.64. The van der Waals surface area contributed by atoms with Gasteiger partial charge >= 0.3 is 5.97 Å². The molecule has 13 nitrogen and oxygen atoms in total. The van der Waals surface area contributed by atoms with E-state index in [1.54, 1.807) is 42.5 Å². The van der Waals surface area contributed by atoms with Gasteiger partial charge in [-0.2, -0.15) is 0 Å². The van der Waals surface area contributed by atoms with Gasteiger partial charge in [-0.3, -0.25) is 14.4 Å². The van der Waals surface area contributed by atoms with E-state index in [0.29, 0.717) is 16.8 Å². The fourth-order valence-electron chi connectivity index (χ4n) is 3.87. The number of nitrogens with two attached hydrogens (primary N) is 1. The molecule has 0 bridgehead atoms. The van der Waals surface area contributed by atoms with Gasteiger partial charge < -0.3 is 42.0 Å². The number of aromatic nitrogens is 2. The van der Waals surface area contributed by atoms with Crippen molar-refractivity contribution in [2.24, 2.45) is 5.73 Å². The summed E-state index contributed by atoms with van der Waals surface area (Å²) >= 11 is 0. The van der Waals surface area contributed by atoms with Crippen molar-refractivity contribution < 1.29 is 34.5 Å². The maximum atomic E-state index is 13.2. The Morgan fingerprint density at radius 3 is 1.98 bits per heavy atom. The molecule has 9 N–H and O–H groups in total. The van der Waals surface area contributed by atoms with Crippen molar-refractivity contribution in [3.63, 3.8) is 0 Å². The van der Waals surface area contributed by atoms with Gasteiger partial charge in [0, 0.05) is 31.2 Å². The number of aromatic amines is 1. The van der Waals surface area contributed by atoms with Gasteiger partial charge in [0.2, 0.25) is 17.7 Å². The molecule has 0 aliphatic heterocycles. The van der Waals surface area contributed by atoms with E-state index in [9.17, 15) is 34.5 Å². The van der Waals surface area contributed by atoms with Crippen molar-refractivity contribution in [2.45, 2.75) is 43.4 Å². The van der Waals surface area contributed by atoms with Crippen LogP contribution >= 0.6 is 0 Å². The number of H-pyrrole nitrogens is 1. The molecule has 3 aromatic rings. The number of carboxylic acids is 1. The van der Waals surface area contributed by atoms with Crippen LogP contribution in [0.4, 0.5) is 0 Å². The number of nitrogens with one attached hydrogen (secondary N) is 4. The summed E-state index contributed by atoms with van der Waals surface area (Å²) in [4.78, 5) is 57.4. The summed E-state index contributed by atoms with van der Waals surface area (Å²) < 4.78 is 0. The van der Waals surface area contributed by atoms with Gasteiger partial charge in [0.15, 0.2) is 0 Å². The lowest BCUT2D eigenvalue weighted by Gasteiger charge is -2.24. The van der Waals surface area contributed by atoms with Gasteiger partial charge in [0.1, 0.15) is 23.9 Å². The summed E-state index contributed by atoms with van der Waals surface area (Å²) in [5, 5.41) is 36.3. The largest absolute Gasteiger partial charge is 0.508 e. The molecule has 212 valence electrons. The number of rotatable bonds is 14. The van der Waals surface area contributed by atoms with E-state index in [1.165, 1.54) is 24.7 Å². The molecule has 0 saturated heterocycles. The number of hydrogen-bond acceptors (Lipinski definition) is 8. The molecule has 0 aliphatic rings. The summed E-state index contributed by atoms with van der Waals surface area (Å²) in [6.07, 6.45) is 3.04. The predicted molar refractivity (Wildman–Crippen MR) is 143 cm³/mol. The highest BCUT2D eigenvalue weighted by molar-refractivity contribution is 5.94. The number of carboxylic acid groups (broad SMARTS) is 1. The van der Waals surface area contributed by atoms with Gasteiger partial charge in [-0.15, -0.1) is 0 Å². The second-order valence-electron chi connectivity index (χ2n) is 9.15. The molecule has 2 aromatic carbocycles.